The third-order valence-electron chi connectivity index (χ3n) is 5.42. The second-order valence-electron chi connectivity index (χ2n) is 7.31. The summed E-state index contributed by atoms with van der Waals surface area (Å²) in [4.78, 5) is 8.98. The summed E-state index contributed by atoms with van der Waals surface area (Å²) < 4.78 is 38.3. The molecular weight excluding hydrogens is 359 g/mol. The van der Waals surface area contributed by atoms with Crippen molar-refractivity contribution in [3.63, 3.8) is 0 Å². The Labute approximate surface area is 154 Å². The summed E-state index contributed by atoms with van der Waals surface area (Å²) >= 11 is 0. The summed E-state index contributed by atoms with van der Waals surface area (Å²) in [5, 5.41) is 18.4. The van der Waals surface area contributed by atoms with Gasteiger partial charge in [0.1, 0.15) is 11.4 Å². The number of nitrogens with zero attached hydrogens (tertiary/aromatic N) is 5. The minimum absolute atomic E-state index is 0.187. The van der Waals surface area contributed by atoms with E-state index in [9.17, 15) is 18.3 Å². The van der Waals surface area contributed by atoms with Gasteiger partial charge in [0.25, 0.3) is 0 Å². The van der Waals surface area contributed by atoms with Crippen molar-refractivity contribution in [2.45, 2.75) is 25.6 Å². The summed E-state index contributed by atoms with van der Waals surface area (Å²) in [6.07, 6.45) is -3.43. The summed E-state index contributed by atoms with van der Waals surface area (Å²) in [6, 6.07) is 3.18. The fraction of sp³-hybridized carbons (Fsp3) is 0.500. The first-order valence-electron chi connectivity index (χ1n) is 8.81. The lowest BCUT2D eigenvalue weighted by molar-refractivity contribution is -0.137. The van der Waals surface area contributed by atoms with Crippen molar-refractivity contribution >= 4 is 5.95 Å². The second-order valence-corrected chi connectivity index (χ2v) is 7.31. The van der Waals surface area contributed by atoms with Crippen molar-refractivity contribution in [3.05, 3.63) is 29.5 Å². The number of hydrogen-bond donors (Lipinski definition) is 1. The number of aromatic hydroxyl groups is 1. The minimum Gasteiger partial charge on any atom is -0.507 e. The van der Waals surface area contributed by atoms with Gasteiger partial charge in [0, 0.05) is 31.2 Å². The Bertz CT molecular complexity index is 873. The molecule has 1 aromatic carbocycles. The minimum atomic E-state index is -4.51. The van der Waals surface area contributed by atoms with E-state index < -0.39 is 17.5 Å². The van der Waals surface area contributed by atoms with Crippen LogP contribution >= 0.6 is 0 Å². The molecule has 6 nitrogen and oxygen atoms in total. The molecule has 1 N–H and O–H groups in total. The molecule has 9 heteroatoms. The maximum Gasteiger partial charge on any atom is 0.416 e. The van der Waals surface area contributed by atoms with E-state index in [-0.39, 0.29) is 11.3 Å². The molecule has 2 aliphatic heterocycles. The predicted octanol–water partition coefficient (Wildman–Crippen LogP) is 2.71. The third-order valence-corrected chi connectivity index (χ3v) is 5.42. The lowest BCUT2D eigenvalue weighted by Gasteiger charge is -2.24. The number of phenolic OH excluding ortho intramolecular Hbond substituents is 1. The number of halogens is 3. The van der Waals surface area contributed by atoms with Gasteiger partial charge in [-0.05, 0) is 44.5 Å². The molecule has 144 valence electrons. The van der Waals surface area contributed by atoms with Crippen molar-refractivity contribution in [1.82, 2.24) is 20.1 Å². The number of anilines is 1. The highest BCUT2D eigenvalue weighted by Crippen LogP contribution is 2.37. The van der Waals surface area contributed by atoms with Gasteiger partial charge in [-0.15, -0.1) is 10.2 Å². The molecule has 27 heavy (non-hydrogen) atoms. The highest BCUT2D eigenvalue weighted by atomic mass is 19.4. The summed E-state index contributed by atoms with van der Waals surface area (Å²) in [6.45, 7) is 4.60. The Morgan fingerprint density at radius 3 is 2.63 bits per heavy atom. The Hall–Kier alpha value is -2.42. The van der Waals surface area contributed by atoms with E-state index >= 15 is 0 Å². The van der Waals surface area contributed by atoms with Gasteiger partial charge in [-0.3, -0.25) is 0 Å². The Kier molecular flexibility index (Phi) is 4.21. The maximum absolute atomic E-state index is 12.8. The number of fused-ring (bicyclic) bond motifs is 1. The van der Waals surface area contributed by atoms with Crippen molar-refractivity contribution < 1.29 is 18.3 Å². The number of alkyl halides is 3. The molecule has 0 saturated carbocycles. The van der Waals surface area contributed by atoms with Crippen LogP contribution in [0.5, 0.6) is 5.75 Å². The number of rotatable bonds is 2. The standard InChI is InChI=1S/C18H20F3N5O/c1-10-16(13-4-3-12(7-15(13)27)18(19,20)21)23-24-17(22-10)26-6-5-11-8-25(2)9-14(11)26/h3-4,7,11,14,27H,5-6,8-9H2,1-2H3/t11-,14+/m1/s1. The predicted molar refractivity (Wildman–Crippen MR) is 93.4 cm³/mol. The van der Waals surface area contributed by atoms with E-state index in [1.54, 1.807) is 6.92 Å². The first kappa shape index (κ1) is 18.0. The van der Waals surface area contributed by atoms with Crippen LogP contribution in [0.3, 0.4) is 0 Å². The van der Waals surface area contributed by atoms with Crippen LogP contribution in [0.4, 0.5) is 19.1 Å². The molecule has 2 atom stereocenters. The van der Waals surface area contributed by atoms with Gasteiger partial charge in [-0.25, -0.2) is 4.98 Å². The van der Waals surface area contributed by atoms with E-state index in [0.717, 1.165) is 32.1 Å². The fourth-order valence-corrected chi connectivity index (χ4v) is 4.09. The molecule has 0 amide bonds. The van der Waals surface area contributed by atoms with Crippen LogP contribution in [0.2, 0.25) is 0 Å². The van der Waals surface area contributed by atoms with Crippen LogP contribution in [0.15, 0.2) is 18.2 Å². The van der Waals surface area contributed by atoms with Gasteiger partial charge < -0.3 is 14.9 Å². The van der Waals surface area contributed by atoms with Gasteiger partial charge in [-0.1, -0.05) is 0 Å². The quantitative estimate of drug-likeness (QED) is 0.866. The van der Waals surface area contributed by atoms with Gasteiger partial charge in [0.2, 0.25) is 5.95 Å². The zero-order valence-electron chi connectivity index (χ0n) is 15.0. The summed E-state index contributed by atoms with van der Waals surface area (Å²) in [5.41, 5.74) is 0.0773. The van der Waals surface area contributed by atoms with E-state index in [0.29, 0.717) is 29.7 Å². The highest BCUT2D eigenvalue weighted by Gasteiger charge is 2.41. The van der Waals surface area contributed by atoms with Gasteiger partial charge in [0.15, 0.2) is 0 Å². The van der Waals surface area contributed by atoms with Crippen LogP contribution in [0.25, 0.3) is 11.3 Å². The smallest absolute Gasteiger partial charge is 0.416 e. The first-order valence-corrected chi connectivity index (χ1v) is 8.81. The van der Waals surface area contributed by atoms with E-state index in [4.69, 9.17) is 0 Å². The molecule has 2 aromatic rings. The monoisotopic (exact) mass is 379 g/mol. The molecule has 0 spiro atoms. The average molecular weight is 379 g/mol. The zero-order chi connectivity index (χ0) is 19.3. The van der Waals surface area contributed by atoms with Crippen LogP contribution in [-0.4, -0.2) is 57.9 Å². The third kappa shape index (κ3) is 3.20. The maximum atomic E-state index is 12.8. The lowest BCUT2D eigenvalue weighted by atomic mass is 10.1. The molecule has 0 aliphatic carbocycles. The lowest BCUT2D eigenvalue weighted by Crippen LogP contribution is -2.36. The molecule has 2 saturated heterocycles. The number of hydrogen-bond acceptors (Lipinski definition) is 6. The van der Waals surface area contributed by atoms with Gasteiger partial charge in [0.05, 0.1) is 11.3 Å². The Morgan fingerprint density at radius 2 is 1.96 bits per heavy atom. The van der Waals surface area contributed by atoms with Crippen molar-refractivity contribution in [2.75, 3.05) is 31.6 Å². The molecule has 2 aliphatic rings. The van der Waals surface area contributed by atoms with Crippen molar-refractivity contribution in [3.8, 4) is 17.0 Å². The number of benzene rings is 1. The van der Waals surface area contributed by atoms with Crippen LogP contribution in [0, 0.1) is 12.8 Å². The molecule has 1 aromatic heterocycles. The SMILES string of the molecule is Cc1nc(N2CC[C@@H]3CN(C)C[C@@H]32)nnc1-c1ccc(C(F)(F)F)cc1O. The summed E-state index contributed by atoms with van der Waals surface area (Å²) in [5.74, 6) is 0.637. The van der Waals surface area contributed by atoms with Crippen LogP contribution in [-0.2, 0) is 6.18 Å². The fourth-order valence-electron chi connectivity index (χ4n) is 4.09. The number of likely N-dealkylation sites (tertiary alicyclic amines) is 1. The molecule has 0 radical (unpaired) electrons. The van der Waals surface area contributed by atoms with Crippen molar-refractivity contribution in [2.24, 2.45) is 5.92 Å². The summed E-state index contributed by atoms with van der Waals surface area (Å²) in [7, 11) is 2.09. The first-order chi connectivity index (χ1) is 12.7. The van der Waals surface area contributed by atoms with E-state index in [1.165, 1.54) is 6.07 Å². The molecule has 0 unspecified atom stereocenters. The Balaban J connectivity index is 1.63. The zero-order valence-corrected chi connectivity index (χ0v) is 15.0. The number of likely N-dealkylation sites (N-methyl/N-ethyl adjacent to an activating group) is 1. The van der Waals surface area contributed by atoms with Crippen molar-refractivity contribution in [1.29, 1.82) is 0 Å². The van der Waals surface area contributed by atoms with E-state index in [1.807, 2.05) is 0 Å². The topological polar surface area (TPSA) is 65.4 Å². The Morgan fingerprint density at radius 1 is 1.19 bits per heavy atom. The normalized spacial score (nSPS) is 23.1. The van der Waals surface area contributed by atoms with E-state index in [2.05, 4.69) is 32.0 Å². The molecule has 2 fully saturated rings. The highest BCUT2D eigenvalue weighted by molar-refractivity contribution is 5.69. The van der Waals surface area contributed by atoms with Crippen LogP contribution in [0.1, 0.15) is 17.7 Å². The van der Waals surface area contributed by atoms with Crippen LogP contribution < -0.4 is 4.90 Å². The average Bonchev–Trinajstić information content (AvgIpc) is 3.13. The van der Waals surface area contributed by atoms with Gasteiger partial charge >= 0.3 is 6.18 Å². The number of aryl methyl sites for hydroxylation is 1. The molecule has 4 rings (SSSR count). The molecular formula is C18H20F3N5O. The molecule has 3 heterocycles. The largest absolute Gasteiger partial charge is 0.507 e. The molecule has 0 bridgehead atoms. The number of phenols is 1. The number of aromatic nitrogens is 3. The van der Waals surface area contributed by atoms with Gasteiger partial charge in [-0.2, -0.15) is 13.2 Å². The second kappa shape index (κ2) is 6.33.